The Bertz CT molecular complexity index is 629. The molecule has 0 bridgehead atoms. The first-order chi connectivity index (χ1) is 9.58. The zero-order valence-electron chi connectivity index (χ0n) is 10.7. The summed E-state index contributed by atoms with van der Waals surface area (Å²) in [6.07, 6.45) is 0.0487. The number of halogens is 2. The van der Waals surface area contributed by atoms with Crippen molar-refractivity contribution in [2.45, 2.75) is 13.0 Å². The molecule has 0 aromatic heterocycles. The highest BCUT2D eigenvalue weighted by molar-refractivity contribution is 5.92. The highest BCUT2D eigenvalue weighted by atomic mass is 19.1. The summed E-state index contributed by atoms with van der Waals surface area (Å²) < 4.78 is 26.3. The summed E-state index contributed by atoms with van der Waals surface area (Å²) in [7, 11) is 0. The molecule has 20 heavy (non-hydrogen) atoms. The molecule has 3 N–H and O–H groups in total. The van der Waals surface area contributed by atoms with E-state index in [1.807, 2.05) is 0 Å². The molecule has 0 aliphatic carbocycles. The Hall–Kier alpha value is -2.27. The van der Waals surface area contributed by atoms with Crippen molar-refractivity contribution in [1.29, 1.82) is 0 Å². The average Bonchev–Trinajstić information content (AvgIpc) is 2.41. The monoisotopic (exact) mass is 276 g/mol. The Morgan fingerprint density at radius 2 is 1.95 bits per heavy atom. The van der Waals surface area contributed by atoms with E-state index in [1.54, 1.807) is 12.1 Å². The van der Waals surface area contributed by atoms with E-state index in [2.05, 4.69) is 5.32 Å². The highest BCUT2D eigenvalue weighted by Gasteiger charge is 2.07. The van der Waals surface area contributed by atoms with Crippen molar-refractivity contribution in [1.82, 2.24) is 0 Å². The molecule has 0 spiro atoms. The van der Waals surface area contributed by atoms with Crippen molar-refractivity contribution in [2.24, 2.45) is 5.73 Å². The third-order valence-electron chi connectivity index (χ3n) is 2.80. The van der Waals surface area contributed by atoms with Crippen LogP contribution in [0.4, 0.5) is 14.5 Å². The van der Waals surface area contributed by atoms with E-state index in [0.29, 0.717) is 16.8 Å². The Labute approximate surface area is 115 Å². The van der Waals surface area contributed by atoms with Gasteiger partial charge in [-0.15, -0.1) is 0 Å². The van der Waals surface area contributed by atoms with Crippen molar-refractivity contribution in [3.63, 3.8) is 0 Å². The van der Waals surface area contributed by atoms with Gasteiger partial charge in [-0.05, 0) is 35.9 Å². The number of benzene rings is 2. The summed E-state index contributed by atoms with van der Waals surface area (Å²) in [6.45, 7) is 0.0550. The molecule has 0 aliphatic heterocycles. The van der Waals surface area contributed by atoms with E-state index < -0.39 is 5.82 Å². The molecule has 104 valence electrons. The van der Waals surface area contributed by atoms with Crippen molar-refractivity contribution < 1.29 is 13.6 Å². The molecule has 2 rings (SSSR count). The van der Waals surface area contributed by atoms with E-state index in [9.17, 15) is 13.6 Å². The molecule has 0 atom stereocenters. The second-order valence-corrected chi connectivity index (χ2v) is 4.37. The minimum Gasteiger partial charge on any atom is -0.326 e. The number of amides is 1. The maximum absolute atomic E-state index is 13.3. The van der Waals surface area contributed by atoms with Crippen molar-refractivity contribution in [2.75, 3.05) is 5.32 Å². The standard InChI is InChI=1S/C15H14F2N2O/c16-12-3-1-2-10(6-12)7-15(20)19-13-4-5-14(17)11(8-13)9-18/h1-6,8H,7,9,18H2,(H,19,20). The molecule has 2 aromatic carbocycles. The van der Waals surface area contributed by atoms with Gasteiger partial charge in [-0.2, -0.15) is 0 Å². The number of carbonyl (C=O) groups excluding carboxylic acids is 1. The van der Waals surface area contributed by atoms with E-state index in [-0.39, 0.29) is 24.7 Å². The van der Waals surface area contributed by atoms with Crippen LogP contribution >= 0.6 is 0 Å². The van der Waals surface area contributed by atoms with Crippen LogP contribution in [0, 0.1) is 11.6 Å². The summed E-state index contributed by atoms with van der Waals surface area (Å²) in [5, 5.41) is 2.63. The summed E-state index contributed by atoms with van der Waals surface area (Å²) in [4.78, 5) is 11.8. The van der Waals surface area contributed by atoms with Gasteiger partial charge in [0, 0.05) is 17.8 Å². The first kappa shape index (κ1) is 14.1. The Morgan fingerprint density at radius 1 is 1.15 bits per heavy atom. The SMILES string of the molecule is NCc1cc(NC(=O)Cc2cccc(F)c2)ccc1F. The van der Waals surface area contributed by atoms with Crippen LogP contribution in [0.5, 0.6) is 0 Å². The average molecular weight is 276 g/mol. The van der Waals surface area contributed by atoms with Crippen LogP contribution in [0.3, 0.4) is 0 Å². The number of nitrogens with one attached hydrogen (secondary N) is 1. The van der Waals surface area contributed by atoms with Crippen LogP contribution < -0.4 is 11.1 Å². The molecule has 2 aromatic rings. The summed E-state index contributed by atoms with van der Waals surface area (Å²) in [5.41, 5.74) is 6.76. The van der Waals surface area contributed by atoms with Gasteiger partial charge in [0.15, 0.2) is 0 Å². The Balaban J connectivity index is 2.04. The zero-order chi connectivity index (χ0) is 14.5. The van der Waals surface area contributed by atoms with Crippen LogP contribution in [0.2, 0.25) is 0 Å². The molecule has 0 fully saturated rings. The molecule has 0 aliphatic rings. The number of nitrogens with two attached hydrogens (primary N) is 1. The third-order valence-corrected chi connectivity index (χ3v) is 2.80. The van der Waals surface area contributed by atoms with Gasteiger partial charge in [0.05, 0.1) is 6.42 Å². The van der Waals surface area contributed by atoms with Crippen LogP contribution in [-0.2, 0) is 17.8 Å². The van der Waals surface area contributed by atoms with Gasteiger partial charge >= 0.3 is 0 Å². The lowest BCUT2D eigenvalue weighted by molar-refractivity contribution is -0.115. The van der Waals surface area contributed by atoms with Crippen LogP contribution in [-0.4, -0.2) is 5.91 Å². The number of rotatable bonds is 4. The minimum absolute atomic E-state index is 0.0487. The van der Waals surface area contributed by atoms with Gasteiger partial charge in [0.2, 0.25) is 5.91 Å². The maximum atomic E-state index is 13.3. The third kappa shape index (κ3) is 3.61. The summed E-state index contributed by atoms with van der Waals surface area (Å²) in [6, 6.07) is 10.0. The van der Waals surface area contributed by atoms with Gasteiger partial charge in [-0.3, -0.25) is 4.79 Å². The van der Waals surface area contributed by atoms with E-state index in [1.165, 1.54) is 30.3 Å². The van der Waals surface area contributed by atoms with Crippen LogP contribution in [0.25, 0.3) is 0 Å². The van der Waals surface area contributed by atoms with Gasteiger partial charge in [0.25, 0.3) is 0 Å². The molecule has 1 amide bonds. The van der Waals surface area contributed by atoms with Gasteiger partial charge < -0.3 is 11.1 Å². The molecule has 0 radical (unpaired) electrons. The van der Waals surface area contributed by atoms with Crippen molar-refractivity contribution >= 4 is 11.6 Å². The Kier molecular flexibility index (Phi) is 4.42. The smallest absolute Gasteiger partial charge is 0.228 e. The van der Waals surface area contributed by atoms with E-state index in [0.717, 1.165) is 0 Å². The second-order valence-electron chi connectivity index (χ2n) is 4.37. The largest absolute Gasteiger partial charge is 0.326 e. The minimum atomic E-state index is -0.407. The molecule has 0 saturated carbocycles. The molecular formula is C15H14F2N2O. The fourth-order valence-corrected chi connectivity index (χ4v) is 1.85. The molecule has 3 nitrogen and oxygen atoms in total. The predicted molar refractivity (Wildman–Crippen MR) is 73.0 cm³/mol. The lowest BCUT2D eigenvalue weighted by atomic mass is 10.1. The molecule has 0 heterocycles. The Morgan fingerprint density at radius 3 is 2.65 bits per heavy atom. The second kappa shape index (κ2) is 6.25. The lowest BCUT2D eigenvalue weighted by Gasteiger charge is -2.07. The van der Waals surface area contributed by atoms with Crippen molar-refractivity contribution in [3.8, 4) is 0 Å². The maximum Gasteiger partial charge on any atom is 0.228 e. The van der Waals surface area contributed by atoms with E-state index >= 15 is 0 Å². The first-order valence-electron chi connectivity index (χ1n) is 6.11. The van der Waals surface area contributed by atoms with Gasteiger partial charge in [-0.1, -0.05) is 12.1 Å². The van der Waals surface area contributed by atoms with Gasteiger partial charge in [0.1, 0.15) is 11.6 Å². The number of anilines is 1. The lowest BCUT2D eigenvalue weighted by Crippen LogP contribution is -2.15. The van der Waals surface area contributed by atoms with Gasteiger partial charge in [-0.25, -0.2) is 8.78 Å². The molecule has 0 saturated heterocycles. The fraction of sp³-hybridized carbons (Fsp3) is 0.133. The van der Waals surface area contributed by atoms with Crippen LogP contribution in [0.15, 0.2) is 42.5 Å². The topological polar surface area (TPSA) is 55.1 Å². The molecule has 0 unspecified atom stereocenters. The number of carbonyl (C=O) groups is 1. The fourth-order valence-electron chi connectivity index (χ4n) is 1.85. The summed E-state index contributed by atoms with van der Waals surface area (Å²) in [5.74, 6) is -1.09. The zero-order valence-corrected chi connectivity index (χ0v) is 10.7. The number of hydrogen-bond acceptors (Lipinski definition) is 2. The highest BCUT2D eigenvalue weighted by Crippen LogP contribution is 2.15. The molecule has 5 heteroatoms. The first-order valence-corrected chi connectivity index (χ1v) is 6.11. The normalized spacial score (nSPS) is 10.3. The van der Waals surface area contributed by atoms with Crippen molar-refractivity contribution in [3.05, 3.63) is 65.2 Å². The molecular weight excluding hydrogens is 262 g/mol. The summed E-state index contributed by atoms with van der Waals surface area (Å²) >= 11 is 0. The quantitative estimate of drug-likeness (QED) is 0.902. The number of hydrogen-bond donors (Lipinski definition) is 2. The predicted octanol–water partition coefficient (Wildman–Crippen LogP) is 2.60. The van der Waals surface area contributed by atoms with E-state index in [4.69, 9.17) is 5.73 Å². The van der Waals surface area contributed by atoms with Crippen LogP contribution in [0.1, 0.15) is 11.1 Å².